The zero-order valence-corrected chi connectivity index (χ0v) is 13.2. The molecular weight excluding hydrogens is 271 g/mol. The highest BCUT2D eigenvalue weighted by atomic mass is 19.1. The van der Waals surface area contributed by atoms with Gasteiger partial charge in [-0.1, -0.05) is 13.8 Å². The molecule has 0 aliphatic carbocycles. The highest BCUT2D eigenvalue weighted by Gasteiger charge is 2.15. The average molecular weight is 296 g/mol. The lowest BCUT2D eigenvalue weighted by atomic mass is 10.1. The number of likely N-dealkylation sites (N-methyl/N-ethyl adjacent to an activating group) is 1. The van der Waals surface area contributed by atoms with E-state index in [4.69, 9.17) is 4.74 Å². The van der Waals surface area contributed by atoms with E-state index >= 15 is 0 Å². The fourth-order valence-corrected chi connectivity index (χ4v) is 1.86. The van der Waals surface area contributed by atoms with E-state index in [-0.39, 0.29) is 11.7 Å². The van der Waals surface area contributed by atoms with Crippen LogP contribution in [0.4, 0.5) is 4.39 Å². The Kier molecular flexibility index (Phi) is 7.15. The third-order valence-corrected chi connectivity index (χ3v) is 2.91. The SMILES string of the molecule is CCNC(=O)C(C)Oc1ccc(F)cc1CNCC(C)C. The van der Waals surface area contributed by atoms with E-state index < -0.39 is 6.10 Å². The van der Waals surface area contributed by atoms with Crippen LogP contribution >= 0.6 is 0 Å². The predicted molar refractivity (Wildman–Crippen MR) is 81.7 cm³/mol. The molecule has 0 radical (unpaired) electrons. The molecule has 21 heavy (non-hydrogen) atoms. The molecule has 1 rings (SSSR count). The molecule has 0 bridgehead atoms. The number of carbonyl (C=O) groups is 1. The van der Waals surface area contributed by atoms with E-state index in [1.54, 1.807) is 13.0 Å². The molecule has 4 nitrogen and oxygen atoms in total. The summed E-state index contributed by atoms with van der Waals surface area (Å²) in [5, 5.41) is 5.95. The van der Waals surface area contributed by atoms with Gasteiger partial charge in [0.15, 0.2) is 6.10 Å². The molecule has 1 amide bonds. The number of ether oxygens (including phenoxy) is 1. The smallest absolute Gasteiger partial charge is 0.260 e. The van der Waals surface area contributed by atoms with E-state index in [2.05, 4.69) is 24.5 Å². The topological polar surface area (TPSA) is 50.4 Å². The van der Waals surface area contributed by atoms with Crippen molar-refractivity contribution >= 4 is 5.91 Å². The van der Waals surface area contributed by atoms with Gasteiger partial charge in [0, 0.05) is 18.7 Å². The fraction of sp³-hybridized carbons (Fsp3) is 0.562. The Morgan fingerprint density at radius 2 is 2.05 bits per heavy atom. The van der Waals surface area contributed by atoms with Gasteiger partial charge in [0.2, 0.25) is 0 Å². The van der Waals surface area contributed by atoms with Crippen molar-refractivity contribution in [3.8, 4) is 5.75 Å². The number of hydrogen-bond acceptors (Lipinski definition) is 3. The molecule has 0 aromatic heterocycles. The minimum absolute atomic E-state index is 0.178. The van der Waals surface area contributed by atoms with Gasteiger partial charge in [-0.05, 0) is 44.5 Å². The molecule has 0 aliphatic rings. The number of nitrogens with one attached hydrogen (secondary N) is 2. The quantitative estimate of drug-likeness (QED) is 0.775. The zero-order valence-electron chi connectivity index (χ0n) is 13.2. The van der Waals surface area contributed by atoms with Crippen LogP contribution in [0.5, 0.6) is 5.75 Å². The molecule has 0 aliphatic heterocycles. The third-order valence-electron chi connectivity index (χ3n) is 2.91. The third kappa shape index (κ3) is 6.12. The number of hydrogen-bond donors (Lipinski definition) is 2. The van der Waals surface area contributed by atoms with Crippen molar-refractivity contribution in [3.05, 3.63) is 29.6 Å². The van der Waals surface area contributed by atoms with Crippen molar-refractivity contribution in [3.63, 3.8) is 0 Å². The van der Waals surface area contributed by atoms with Gasteiger partial charge in [-0.3, -0.25) is 4.79 Å². The van der Waals surface area contributed by atoms with Crippen LogP contribution in [0.1, 0.15) is 33.3 Å². The Bertz CT molecular complexity index is 464. The first-order valence-electron chi connectivity index (χ1n) is 7.37. The van der Waals surface area contributed by atoms with Gasteiger partial charge in [0.25, 0.3) is 5.91 Å². The second kappa shape index (κ2) is 8.62. The Labute approximate surface area is 126 Å². The molecule has 1 aromatic carbocycles. The zero-order chi connectivity index (χ0) is 15.8. The van der Waals surface area contributed by atoms with Gasteiger partial charge >= 0.3 is 0 Å². The van der Waals surface area contributed by atoms with Crippen LogP contribution in [-0.2, 0) is 11.3 Å². The van der Waals surface area contributed by atoms with Crippen molar-refractivity contribution in [2.24, 2.45) is 5.92 Å². The summed E-state index contributed by atoms with van der Waals surface area (Å²) in [5.41, 5.74) is 0.715. The Morgan fingerprint density at radius 1 is 1.33 bits per heavy atom. The largest absolute Gasteiger partial charge is 0.481 e. The lowest BCUT2D eigenvalue weighted by Gasteiger charge is -2.17. The summed E-state index contributed by atoms with van der Waals surface area (Å²) in [5.74, 6) is 0.556. The minimum atomic E-state index is -0.612. The van der Waals surface area contributed by atoms with Crippen LogP contribution in [0, 0.1) is 11.7 Å². The van der Waals surface area contributed by atoms with Crippen LogP contribution in [0.3, 0.4) is 0 Å². The van der Waals surface area contributed by atoms with E-state index in [1.165, 1.54) is 12.1 Å². The van der Waals surface area contributed by atoms with Crippen molar-refractivity contribution in [2.75, 3.05) is 13.1 Å². The summed E-state index contributed by atoms with van der Waals surface area (Å²) in [6.45, 7) is 9.64. The van der Waals surface area contributed by atoms with Crippen LogP contribution in [-0.4, -0.2) is 25.1 Å². The highest BCUT2D eigenvalue weighted by molar-refractivity contribution is 5.80. The molecule has 0 spiro atoms. The molecule has 5 heteroatoms. The van der Waals surface area contributed by atoms with E-state index in [0.717, 1.165) is 6.54 Å². The number of carbonyl (C=O) groups excluding carboxylic acids is 1. The average Bonchev–Trinajstić information content (AvgIpc) is 2.41. The normalized spacial score (nSPS) is 12.3. The summed E-state index contributed by atoms with van der Waals surface area (Å²) >= 11 is 0. The number of rotatable bonds is 8. The van der Waals surface area contributed by atoms with E-state index in [1.807, 2.05) is 6.92 Å². The van der Waals surface area contributed by atoms with E-state index in [9.17, 15) is 9.18 Å². The standard InChI is InChI=1S/C16H25FN2O2/c1-5-19-16(20)12(4)21-15-7-6-14(17)8-13(15)10-18-9-11(2)3/h6-8,11-12,18H,5,9-10H2,1-4H3,(H,19,20). The molecule has 0 heterocycles. The maximum absolute atomic E-state index is 13.4. The molecule has 1 unspecified atom stereocenters. The fourth-order valence-electron chi connectivity index (χ4n) is 1.86. The molecular formula is C16H25FN2O2. The summed E-state index contributed by atoms with van der Waals surface area (Å²) in [6.07, 6.45) is -0.612. The number of benzene rings is 1. The molecule has 1 aromatic rings. The monoisotopic (exact) mass is 296 g/mol. The second-order valence-electron chi connectivity index (χ2n) is 5.43. The van der Waals surface area contributed by atoms with Crippen LogP contribution < -0.4 is 15.4 Å². The minimum Gasteiger partial charge on any atom is -0.481 e. The Balaban J connectivity index is 2.74. The predicted octanol–water partition coefficient (Wildman–Crippen LogP) is 2.47. The van der Waals surface area contributed by atoms with Crippen LogP contribution in [0.2, 0.25) is 0 Å². The molecule has 118 valence electrons. The number of amides is 1. The Hall–Kier alpha value is -1.62. The first-order chi connectivity index (χ1) is 9.93. The first-order valence-corrected chi connectivity index (χ1v) is 7.37. The maximum atomic E-state index is 13.4. The van der Waals surface area contributed by atoms with Crippen molar-refractivity contribution in [1.82, 2.24) is 10.6 Å². The molecule has 0 fully saturated rings. The van der Waals surface area contributed by atoms with Crippen molar-refractivity contribution in [2.45, 2.75) is 40.3 Å². The van der Waals surface area contributed by atoms with Gasteiger partial charge in [-0.25, -0.2) is 4.39 Å². The van der Waals surface area contributed by atoms with E-state index in [0.29, 0.717) is 30.3 Å². The molecule has 1 atom stereocenters. The lowest BCUT2D eigenvalue weighted by molar-refractivity contribution is -0.127. The lowest BCUT2D eigenvalue weighted by Crippen LogP contribution is -2.36. The molecule has 0 saturated heterocycles. The molecule has 2 N–H and O–H groups in total. The van der Waals surface area contributed by atoms with Crippen LogP contribution in [0.15, 0.2) is 18.2 Å². The van der Waals surface area contributed by atoms with Gasteiger partial charge in [0.1, 0.15) is 11.6 Å². The summed E-state index contributed by atoms with van der Waals surface area (Å²) in [7, 11) is 0. The van der Waals surface area contributed by atoms with Crippen LogP contribution in [0.25, 0.3) is 0 Å². The Morgan fingerprint density at radius 3 is 2.67 bits per heavy atom. The highest BCUT2D eigenvalue weighted by Crippen LogP contribution is 2.21. The first kappa shape index (κ1) is 17.4. The maximum Gasteiger partial charge on any atom is 0.260 e. The van der Waals surface area contributed by atoms with Gasteiger partial charge in [-0.15, -0.1) is 0 Å². The van der Waals surface area contributed by atoms with Crippen molar-refractivity contribution < 1.29 is 13.9 Å². The summed E-state index contributed by atoms with van der Waals surface area (Å²) in [6, 6.07) is 4.34. The van der Waals surface area contributed by atoms with Gasteiger partial charge < -0.3 is 15.4 Å². The van der Waals surface area contributed by atoms with Crippen molar-refractivity contribution in [1.29, 1.82) is 0 Å². The summed E-state index contributed by atoms with van der Waals surface area (Å²) < 4.78 is 19.0. The second-order valence-corrected chi connectivity index (χ2v) is 5.43. The van der Waals surface area contributed by atoms with Gasteiger partial charge in [-0.2, -0.15) is 0 Å². The summed E-state index contributed by atoms with van der Waals surface area (Å²) in [4.78, 5) is 11.7. The van der Waals surface area contributed by atoms with Gasteiger partial charge in [0.05, 0.1) is 0 Å². The number of halogens is 1. The molecule has 0 saturated carbocycles.